The second-order valence-corrected chi connectivity index (χ2v) is 26.8. The van der Waals surface area contributed by atoms with Crippen LogP contribution in [-0.2, 0) is 44.0 Å². The summed E-state index contributed by atoms with van der Waals surface area (Å²) in [5.74, 6) is 3.51. The molecule has 14 aromatic rings. The van der Waals surface area contributed by atoms with E-state index in [1.54, 1.807) is 7.11 Å². The molecule has 0 spiro atoms. The number of esters is 1. The summed E-state index contributed by atoms with van der Waals surface area (Å²) in [4.78, 5) is 37.3. The Kier molecular flexibility index (Phi) is 20.8. The highest BCUT2D eigenvalue weighted by Crippen LogP contribution is 2.58. The maximum atomic E-state index is 13.0. The smallest absolute Gasteiger partial charge is 0.491 e. The molecule has 16 rings (SSSR count). The molecule has 110 heavy (non-hydrogen) atoms. The molecule has 2 aliphatic carbocycles. The fraction of sp³-hybridized carbons (Fsp3) is 0.168. The van der Waals surface area contributed by atoms with E-state index >= 15 is 0 Å². The lowest BCUT2D eigenvalue weighted by Crippen LogP contribution is -2.28. The van der Waals surface area contributed by atoms with Crippen LogP contribution in [0.3, 0.4) is 0 Å². The standard InChI is InChI=1S/C95H78O15/c1-63(96)100-47-48-103-76-38-29-65-57-72(32-27-67(65)59-76)95(88-25-13-9-21-83(88)84-22-10-14-26-89(84)95)73-33-28-68-60-77(39-30-66(68)58-73)104-50-54-108-93(98)110-56-52-106-90-44-31-64-15-3-6-18-80(64)91(90)85-62-78(61-69-16-4-5-17-79(69)85)105-51-55-109-92(97)107-53-49-102-75-42-36-71(37-43-75)94(70-34-40-74(41-35-70)101-46-45-99-2)86-23-11-7-19-81(86)82-20-8-12-24-87(82)94/h3-44,57-62H,45-56H2,1-2H3. The van der Waals surface area contributed by atoms with Crippen LogP contribution in [0.5, 0.6) is 34.5 Å². The lowest BCUT2D eigenvalue weighted by Gasteiger charge is -2.34. The van der Waals surface area contributed by atoms with Crippen LogP contribution >= 0.6 is 0 Å². The Morgan fingerprint density at radius 2 is 0.609 bits per heavy atom. The molecule has 0 heterocycles. The zero-order chi connectivity index (χ0) is 74.8. The quantitative estimate of drug-likeness (QED) is 0.0247. The van der Waals surface area contributed by atoms with Gasteiger partial charge in [-0.1, -0.05) is 212 Å². The van der Waals surface area contributed by atoms with Crippen LogP contribution in [-0.4, -0.2) is 105 Å². The predicted octanol–water partition coefficient (Wildman–Crippen LogP) is 19.9. The van der Waals surface area contributed by atoms with Crippen molar-refractivity contribution in [1.29, 1.82) is 0 Å². The predicted molar refractivity (Wildman–Crippen MR) is 425 cm³/mol. The van der Waals surface area contributed by atoms with Gasteiger partial charge in [0, 0.05) is 19.6 Å². The molecule has 0 N–H and O–H groups in total. The van der Waals surface area contributed by atoms with Crippen LogP contribution in [0.15, 0.2) is 291 Å². The molecular weight excluding hydrogens is 1380 g/mol. The maximum absolute atomic E-state index is 13.0. The Hall–Kier alpha value is -13.1. The van der Waals surface area contributed by atoms with Crippen molar-refractivity contribution in [2.24, 2.45) is 0 Å². The molecule has 0 saturated heterocycles. The van der Waals surface area contributed by atoms with E-state index in [4.69, 9.17) is 56.8 Å². The zero-order valence-electron chi connectivity index (χ0n) is 60.8. The third-order valence-corrected chi connectivity index (χ3v) is 20.5. The van der Waals surface area contributed by atoms with Gasteiger partial charge in [0.1, 0.15) is 107 Å². The number of fused-ring (bicyclic) bond motifs is 10. The molecule has 0 fully saturated rings. The van der Waals surface area contributed by atoms with E-state index in [0.29, 0.717) is 42.0 Å². The van der Waals surface area contributed by atoms with Gasteiger partial charge in [0.05, 0.1) is 17.4 Å². The summed E-state index contributed by atoms with van der Waals surface area (Å²) in [6.45, 7) is 2.84. The average Bonchev–Trinajstić information content (AvgIpc) is 1.54. The third kappa shape index (κ3) is 14.3. The number of carbonyl (C=O) groups is 3. The summed E-state index contributed by atoms with van der Waals surface area (Å²) in [5, 5.41) is 7.95. The Morgan fingerprint density at radius 3 is 1.09 bits per heavy atom. The molecule has 0 radical (unpaired) electrons. The SMILES string of the molecule is COCCOc1ccc(C2(c3ccc(OCCOC(=O)OCCOc4cc(-c5c(OCCOC(=O)OCCOc6ccc7cc(C8(c9ccc%10cc(OCCOC(C)=O)ccc%10c9)c9ccccc9-c9ccccc98)ccc7c6)ccc6ccccc56)c5ccccc5c4)cc3)c3ccccc3-c3ccccc32)cc1. The lowest BCUT2D eigenvalue weighted by molar-refractivity contribution is -0.141. The van der Waals surface area contributed by atoms with E-state index in [2.05, 4.69) is 176 Å². The molecule has 15 nitrogen and oxygen atoms in total. The molecule has 0 unspecified atom stereocenters. The van der Waals surface area contributed by atoms with Gasteiger partial charge in [-0.2, -0.15) is 0 Å². The third-order valence-electron chi connectivity index (χ3n) is 20.5. The van der Waals surface area contributed by atoms with Gasteiger partial charge in [0.25, 0.3) is 0 Å². The molecule has 0 aliphatic heterocycles. The number of carbonyl (C=O) groups excluding carboxylic acids is 3. The number of hydrogen-bond donors (Lipinski definition) is 0. The van der Waals surface area contributed by atoms with Crippen LogP contribution in [0.25, 0.3) is 76.5 Å². The monoisotopic (exact) mass is 1460 g/mol. The summed E-state index contributed by atoms with van der Waals surface area (Å²) in [6.07, 6.45) is -1.69. The van der Waals surface area contributed by atoms with Crippen molar-refractivity contribution in [2.45, 2.75) is 17.8 Å². The minimum atomic E-state index is -0.847. The van der Waals surface area contributed by atoms with Crippen LogP contribution in [0.1, 0.15) is 51.4 Å². The van der Waals surface area contributed by atoms with Crippen LogP contribution in [0, 0.1) is 0 Å². The first-order valence-corrected chi connectivity index (χ1v) is 36.9. The van der Waals surface area contributed by atoms with Gasteiger partial charge in [-0.05, 0) is 194 Å². The fourth-order valence-electron chi connectivity index (χ4n) is 15.8. The Labute approximate surface area is 636 Å². The van der Waals surface area contributed by atoms with Gasteiger partial charge in [0.2, 0.25) is 0 Å². The van der Waals surface area contributed by atoms with E-state index in [9.17, 15) is 14.4 Å². The minimum Gasteiger partial charge on any atom is -0.491 e. The normalized spacial score (nSPS) is 12.6. The average molecular weight is 1460 g/mol. The number of benzene rings is 14. The second kappa shape index (κ2) is 32.1. The fourth-order valence-corrected chi connectivity index (χ4v) is 15.8. The van der Waals surface area contributed by atoms with Crippen molar-refractivity contribution in [3.05, 3.63) is 336 Å². The van der Waals surface area contributed by atoms with Gasteiger partial charge in [0.15, 0.2) is 0 Å². The van der Waals surface area contributed by atoms with Gasteiger partial charge >= 0.3 is 18.3 Å². The molecule has 548 valence electrons. The van der Waals surface area contributed by atoms with Gasteiger partial charge in [-0.25, -0.2) is 9.59 Å². The zero-order valence-corrected chi connectivity index (χ0v) is 60.8. The summed E-state index contributed by atoms with van der Waals surface area (Å²) >= 11 is 0. The first kappa shape index (κ1) is 71.2. The molecular formula is C95H78O15. The summed E-state index contributed by atoms with van der Waals surface area (Å²) in [6, 6.07) is 100. The van der Waals surface area contributed by atoms with E-state index in [1.807, 2.05) is 115 Å². The minimum absolute atomic E-state index is 0.0352. The van der Waals surface area contributed by atoms with Crippen LogP contribution in [0.2, 0.25) is 0 Å². The Morgan fingerprint density at radius 1 is 0.264 bits per heavy atom. The molecule has 0 amide bonds. The number of rotatable bonds is 29. The first-order chi connectivity index (χ1) is 54.1. The molecule has 0 bridgehead atoms. The topological polar surface area (TPSA) is 162 Å². The second-order valence-electron chi connectivity index (χ2n) is 26.8. The molecule has 14 aromatic carbocycles. The largest absolute Gasteiger partial charge is 0.508 e. The van der Waals surface area contributed by atoms with Crippen molar-refractivity contribution >= 4 is 61.4 Å². The Bertz CT molecular complexity index is 5620. The highest BCUT2D eigenvalue weighted by molar-refractivity contribution is 6.08. The highest BCUT2D eigenvalue weighted by Gasteiger charge is 2.48. The first-order valence-electron chi connectivity index (χ1n) is 36.9. The molecule has 15 heteroatoms. The number of hydrogen-bond acceptors (Lipinski definition) is 15. The summed E-state index contributed by atoms with van der Waals surface area (Å²) < 4.78 is 69.1. The van der Waals surface area contributed by atoms with Gasteiger partial charge < -0.3 is 56.8 Å². The maximum Gasteiger partial charge on any atom is 0.508 e. The molecule has 0 atom stereocenters. The molecule has 0 aromatic heterocycles. The van der Waals surface area contributed by atoms with E-state index in [1.165, 1.54) is 51.4 Å². The van der Waals surface area contributed by atoms with Crippen molar-refractivity contribution in [3.8, 4) is 67.9 Å². The van der Waals surface area contributed by atoms with Gasteiger partial charge in [-0.3, -0.25) is 4.79 Å². The van der Waals surface area contributed by atoms with Crippen molar-refractivity contribution in [2.75, 3.05) is 86.4 Å². The highest BCUT2D eigenvalue weighted by atomic mass is 16.7. The van der Waals surface area contributed by atoms with Crippen LogP contribution in [0.4, 0.5) is 9.59 Å². The van der Waals surface area contributed by atoms with Crippen molar-refractivity contribution in [1.82, 2.24) is 0 Å². The van der Waals surface area contributed by atoms with Gasteiger partial charge in [-0.15, -0.1) is 0 Å². The summed E-state index contributed by atoms with van der Waals surface area (Å²) in [7, 11) is 1.66. The molecule has 2 aliphatic rings. The van der Waals surface area contributed by atoms with Crippen molar-refractivity contribution < 1.29 is 71.2 Å². The van der Waals surface area contributed by atoms with E-state index in [-0.39, 0.29) is 72.0 Å². The Balaban J connectivity index is 0.518. The van der Waals surface area contributed by atoms with Crippen molar-refractivity contribution in [3.63, 3.8) is 0 Å². The van der Waals surface area contributed by atoms with Crippen LogP contribution < -0.4 is 28.4 Å². The molecule has 0 saturated carbocycles. The summed E-state index contributed by atoms with van der Waals surface area (Å²) in [5.41, 5.74) is 14.4. The van der Waals surface area contributed by atoms with E-state index in [0.717, 1.165) is 82.2 Å². The number of methoxy groups -OCH3 is 1. The number of ether oxygens (including phenoxy) is 12. The lowest BCUT2D eigenvalue weighted by atomic mass is 9.67. The van der Waals surface area contributed by atoms with E-state index < -0.39 is 23.1 Å².